The Balaban J connectivity index is 2.24. The third kappa shape index (κ3) is 4.17. The van der Waals surface area contributed by atoms with Crippen molar-refractivity contribution >= 4 is 15.5 Å². The van der Waals surface area contributed by atoms with Gasteiger partial charge in [0, 0.05) is 36.8 Å². The fraction of sp³-hybridized carbons (Fsp3) is 0.583. The van der Waals surface area contributed by atoms with E-state index in [-0.39, 0.29) is 17.6 Å². The van der Waals surface area contributed by atoms with Gasteiger partial charge in [0.2, 0.25) is 0 Å². The van der Waals surface area contributed by atoms with Crippen LogP contribution in [0.2, 0.25) is 0 Å². The first-order valence-corrected chi connectivity index (χ1v) is 12.7. The summed E-state index contributed by atoms with van der Waals surface area (Å²) in [6, 6.07) is 5.54. The molecule has 0 spiro atoms. The molecule has 1 aliphatic heterocycles. The van der Waals surface area contributed by atoms with Crippen molar-refractivity contribution in [2.45, 2.75) is 62.9 Å². The molecule has 0 amide bonds. The predicted molar refractivity (Wildman–Crippen MR) is 123 cm³/mol. The molecule has 1 unspecified atom stereocenters. The summed E-state index contributed by atoms with van der Waals surface area (Å²) in [7, 11) is 0.346. The van der Waals surface area contributed by atoms with Crippen LogP contribution in [0.4, 0.5) is 5.69 Å². The molecule has 1 aliphatic carbocycles. The second-order valence-corrected chi connectivity index (χ2v) is 11.1. The number of unbranched alkanes of at least 4 members (excludes halogenated alkanes) is 1. The van der Waals surface area contributed by atoms with Crippen LogP contribution in [0.15, 0.2) is 47.0 Å². The summed E-state index contributed by atoms with van der Waals surface area (Å²) in [5, 5.41) is 11.9. The minimum Gasteiger partial charge on any atom is -0.402 e. The number of aliphatic hydroxyl groups is 1. The Morgan fingerprint density at radius 2 is 2.00 bits per heavy atom. The molecule has 0 bridgehead atoms. The van der Waals surface area contributed by atoms with Gasteiger partial charge in [0.1, 0.15) is 0 Å². The number of aliphatic hydroxyl groups excluding tert-OH is 1. The van der Waals surface area contributed by atoms with Crippen LogP contribution < -0.4 is 10.6 Å². The number of anilines is 1. The van der Waals surface area contributed by atoms with Crippen LogP contribution in [0.1, 0.15) is 57.4 Å². The smallest absolute Gasteiger partial charge is 0.179 e. The van der Waals surface area contributed by atoms with E-state index in [0.29, 0.717) is 24.2 Å². The van der Waals surface area contributed by atoms with E-state index < -0.39 is 21.4 Å². The van der Waals surface area contributed by atoms with Gasteiger partial charge in [-0.25, -0.2) is 8.42 Å². The first-order chi connectivity index (χ1) is 14.1. The van der Waals surface area contributed by atoms with Gasteiger partial charge in [0.25, 0.3) is 0 Å². The lowest BCUT2D eigenvalue weighted by Gasteiger charge is -2.42. The third-order valence-electron chi connectivity index (χ3n) is 6.98. The number of nitrogens with zero attached hydrogens (tertiary/aromatic N) is 1. The standard InChI is InChI=1S/C24H36N2O3S/c1-5-7-13-24(6-2)16-30(28,29)21-12-11-19(26(3)4)15-20(21)22(23(24)27)17-9-8-10-18(25)14-17/h8-12,15,17,22-23,27H,5-7,13-14,16,25H2,1-4H3/t17?,22-,23-,24+/m0/s1. The van der Waals surface area contributed by atoms with Crippen molar-refractivity contribution in [1.82, 2.24) is 0 Å². The zero-order valence-electron chi connectivity index (χ0n) is 18.6. The summed E-state index contributed by atoms with van der Waals surface area (Å²) >= 11 is 0. The lowest BCUT2D eigenvalue weighted by Crippen LogP contribution is -2.44. The van der Waals surface area contributed by atoms with Crippen LogP contribution in [0.25, 0.3) is 0 Å². The van der Waals surface area contributed by atoms with E-state index in [9.17, 15) is 13.5 Å². The Morgan fingerprint density at radius 3 is 2.60 bits per heavy atom. The minimum atomic E-state index is -3.54. The van der Waals surface area contributed by atoms with Crippen molar-refractivity contribution in [2.75, 3.05) is 24.7 Å². The highest BCUT2D eigenvalue weighted by atomic mass is 32.2. The van der Waals surface area contributed by atoms with Crippen LogP contribution in [0.3, 0.4) is 0 Å². The Hall–Kier alpha value is -1.79. The summed E-state index contributed by atoms with van der Waals surface area (Å²) in [4.78, 5) is 2.33. The predicted octanol–water partition coefficient (Wildman–Crippen LogP) is 3.99. The fourth-order valence-electron chi connectivity index (χ4n) is 5.13. The highest BCUT2D eigenvalue weighted by Crippen LogP contribution is 2.50. The maximum Gasteiger partial charge on any atom is 0.179 e. The first kappa shape index (κ1) is 22.9. The number of fused-ring (bicyclic) bond motifs is 1. The van der Waals surface area contributed by atoms with Crippen molar-refractivity contribution < 1.29 is 13.5 Å². The number of benzene rings is 1. The Labute approximate surface area is 181 Å². The number of allylic oxidation sites excluding steroid dienone is 4. The van der Waals surface area contributed by atoms with E-state index in [1.54, 1.807) is 6.07 Å². The molecule has 0 aromatic heterocycles. The molecule has 3 rings (SSSR count). The average molecular weight is 433 g/mol. The second-order valence-electron chi connectivity index (χ2n) is 9.16. The molecule has 0 radical (unpaired) electrons. The molecule has 0 fully saturated rings. The van der Waals surface area contributed by atoms with E-state index in [1.165, 1.54) is 0 Å². The second kappa shape index (κ2) is 8.75. The van der Waals surface area contributed by atoms with Crippen LogP contribution in [-0.4, -0.2) is 39.5 Å². The highest BCUT2D eigenvalue weighted by molar-refractivity contribution is 7.91. The van der Waals surface area contributed by atoms with E-state index in [4.69, 9.17) is 5.73 Å². The molecule has 0 saturated heterocycles. The molecule has 2 aliphatic rings. The monoisotopic (exact) mass is 432 g/mol. The van der Waals surface area contributed by atoms with Crippen molar-refractivity contribution in [1.29, 1.82) is 0 Å². The van der Waals surface area contributed by atoms with Gasteiger partial charge in [0.05, 0.1) is 16.8 Å². The van der Waals surface area contributed by atoms with E-state index >= 15 is 0 Å². The van der Waals surface area contributed by atoms with Gasteiger partial charge in [-0.1, -0.05) is 38.8 Å². The molecule has 30 heavy (non-hydrogen) atoms. The molecular formula is C24H36N2O3S. The molecular weight excluding hydrogens is 396 g/mol. The summed E-state index contributed by atoms with van der Waals surface area (Å²) in [5.74, 6) is -0.371. The Kier molecular flexibility index (Phi) is 6.68. The van der Waals surface area contributed by atoms with Crippen LogP contribution in [0.5, 0.6) is 0 Å². The lowest BCUT2D eigenvalue weighted by atomic mass is 9.66. The largest absolute Gasteiger partial charge is 0.402 e. The van der Waals surface area contributed by atoms with Crippen molar-refractivity contribution in [3.63, 3.8) is 0 Å². The fourth-order valence-corrected chi connectivity index (χ4v) is 7.39. The zero-order valence-corrected chi connectivity index (χ0v) is 19.5. The van der Waals surface area contributed by atoms with E-state index in [0.717, 1.165) is 29.8 Å². The summed E-state index contributed by atoms with van der Waals surface area (Å²) < 4.78 is 27.1. The highest BCUT2D eigenvalue weighted by Gasteiger charge is 2.50. The molecule has 1 aromatic rings. The molecule has 166 valence electrons. The molecule has 6 heteroatoms. The third-order valence-corrected chi connectivity index (χ3v) is 8.98. The Bertz CT molecular complexity index is 936. The van der Waals surface area contributed by atoms with Crippen LogP contribution in [-0.2, 0) is 9.84 Å². The summed E-state index contributed by atoms with van der Waals surface area (Å²) in [6.45, 7) is 4.11. The van der Waals surface area contributed by atoms with Gasteiger partial charge in [0.15, 0.2) is 9.84 Å². The molecule has 3 N–H and O–H groups in total. The first-order valence-electron chi connectivity index (χ1n) is 11.0. The van der Waals surface area contributed by atoms with Crippen LogP contribution in [0, 0.1) is 11.3 Å². The molecule has 1 heterocycles. The molecule has 1 aromatic carbocycles. The maximum absolute atomic E-state index is 13.6. The topological polar surface area (TPSA) is 83.6 Å². The van der Waals surface area contributed by atoms with E-state index in [2.05, 4.69) is 13.0 Å². The number of hydrogen-bond donors (Lipinski definition) is 2. The van der Waals surface area contributed by atoms with Crippen molar-refractivity contribution in [3.8, 4) is 0 Å². The molecule has 0 saturated carbocycles. The minimum absolute atomic E-state index is 0.00969. The summed E-state index contributed by atoms with van der Waals surface area (Å²) in [6.07, 6.45) is 8.95. The average Bonchev–Trinajstić information content (AvgIpc) is 2.77. The van der Waals surface area contributed by atoms with Gasteiger partial charge in [-0.05, 0) is 55.0 Å². The SMILES string of the molecule is CCCC[C@]1(CC)CS(=O)(=O)c2ccc(N(C)C)cc2[C@H](C2C=CC=C(N)C2)[C@@H]1O. The maximum atomic E-state index is 13.6. The van der Waals surface area contributed by atoms with Crippen molar-refractivity contribution in [3.05, 3.63) is 47.7 Å². The Morgan fingerprint density at radius 1 is 1.27 bits per heavy atom. The van der Waals surface area contributed by atoms with Crippen LogP contribution >= 0.6 is 0 Å². The number of rotatable bonds is 6. The van der Waals surface area contributed by atoms with Gasteiger partial charge in [-0.3, -0.25) is 0 Å². The van der Waals surface area contributed by atoms with Gasteiger partial charge in [-0.15, -0.1) is 0 Å². The molecule has 4 atom stereocenters. The number of hydrogen-bond acceptors (Lipinski definition) is 5. The molecule has 5 nitrogen and oxygen atoms in total. The van der Waals surface area contributed by atoms with Crippen molar-refractivity contribution in [2.24, 2.45) is 17.1 Å². The quantitative estimate of drug-likeness (QED) is 0.710. The van der Waals surface area contributed by atoms with Gasteiger partial charge >= 0.3 is 0 Å². The van der Waals surface area contributed by atoms with E-state index in [1.807, 2.05) is 50.2 Å². The van der Waals surface area contributed by atoms with Gasteiger partial charge < -0.3 is 15.7 Å². The summed E-state index contributed by atoms with van der Waals surface area (Å²) in [5.41, 5.74) is 7.91. The number of nitrogens with two attached hydrogens (primary N) is 1. The normalized spacial score (nSPS) is 30.3. The zero-order chi connectivity index (χ0) is 22.1. The van der Waals surface area contributed by atoms with Gasteiger partial charge in [-0.2, -0.15) is 0 Å². The number of sulfone groups is 1. The lowest BCUT2D eigenvalue weighted by molar-refractivity contribution is -0.00191.